The van der Waals surface area contributed by atoms with Gasteiger partial charge >= 0.3 is 0 Å². The third kappa shape index (κ3) is 1.23. The van der Waals surface area contributed by atoms with Crippen molar-refractivity contribution in [2.75, 3.05) is 0 Å². The molecule has 4 heteroatoms. The summed E-state index contributed by atoms with van der Waals surface area (Å²) in [5.41, 5.74) is 2.60. The molecule has 2 aromatic rings. The van der Waals surface area contributed by atoms with Gasteiger partial charge in [-0.05, 0) is 23.9 Å². The number of thiophene rings is 1. The maximum absolute atomic E-state index is 8.79. The van der Waals surface area contributed by atoms with Crippen LogP contribution >= 0.6 is 11.3 Å². The van der Waals surface area contributed by atoms with Crippen LogP contribution in [0, 0.1) is 18.3 Å². The van der Waals surface area contributed by atoms with Crippen LogP contribution in [-0.4, -0.2) is 10.2 Å². The normalized spacial score (nSPS) is 9.85. The van der Waals surface area contributed by atoms with Crippen LogP contribution < -0.4 is 0 Å². The van der Waals surface area contributed by atoms with Gasteiger partial charge in [-0.2, -0.15) is 10.4 Å². The first-order valence-electron chi connectivity index (χ1n) is 3.81. The van der Waals surface area contributed by atoms with Gasteiger partial charge in [0, 0.05) is 0 Å². The molecule has 0 aromatic carbocycles. The Labute approximate surface area is 79.6 Å². The summed E-state index contributed by atoms with van der Waals surface area (Å²) in [7, 11) is 0. The van der Waals surface area contributed by atoms with Gasteiger partial charge in [-0.3, -0.25) is 5.10 Å². The first-order valence-corrected chi connectivity index (χ1v) is 4.69. The summed E-state index contributed by atoms with van der Waals surface area (Å²) in [5, 5.41) is 17.5. The molecule has 64 valence electrons. The van der Waals surface area contributed by atoms with Gasteiger partial charge in [-0.1, -0.05) is 0 Å². The van der Waals surface area contributed by atoms with Gasteiger partial charge < -0.3 is 0 Å². The Kier molecular flexibility index (Phi) is 1.87. The smallest absolute Gasteiger partial charge is 0.103 e. The molecule has 0 atom stereocenters. The standard InChI is InChI=1S/C9H7N3S/c1-6-2-3-13-9(6)8-7(4-10)5-11-12-8/h2-3,5H,1H3,(H,11,12). The van der Waals surface area contributed by atoms with E-state index in [4.69, 9.17) is 5.26 Å². The molecule has 0 radical (unpaired) electrons. The zero-order valence-corrected chi connectivity index (χ0v) is 7.85. The van der Waals surface area contributed by atoms with Crippen LogP contribution in [0.5, 0.6) is 0 Å². The van der Waals surface area contributed by atoms with E-state index >= 15 is 0 Å². The van der Waals surface area contributed by atoms with E-state index in [1.54, 1.807) is 17.5 Å². The number of nitrogens with one attached hydrogen (secondary N) is 1. The molecular formula is C9H7N3S. The van der Waals surface area contributed by atoms with E-state index in [0.717, 1.165) is 10.6 Å². The fourth-order valence-corrected chi connectivity index (χ4v) is 2.11. The number of rotatable bonds is 1. The summed E-state index contributed by atoms with van der Waals surface area (Å²) in [4.78, 5) is 1.09. The number of aromatic amines is 1. The van der Waals surface area contributed by atoms with Crippen molar-refractivity contribution in [1.82, 2.24) is 10.2 Å². The van der Waals surface area contributed by atoms with Gasteiger partial charge in [0.1, 0.15) is 6.07 Å². The van der Waals surface area contributed by atoms with E-state index < -0.39 is 0 Å². The van der Waals surface area contributed by atoms with Crippen molar-refractivity contribution < 1.29 is 0 Å². The summed E-state index contributed by atoms with van der Waals surface area (Å²) in [6, 6.07) is 4.13. The van der Waals surface area contributed by atoms with E-state index in [9.17, 15) is 0 Å². The predicted octanol–water partition coefficient (Wildman–Crippen LogP) is 2.32. The second-order valence-electron chi connectivity index (χ2n) is 2.70. The number of H-pyrrole nitrogens is 1. The van der Waals surface area contributed by atoms with E-state index in [0.29, 0.717) is 5.56 Å². The van der Waals surface area contributed by atoms with Crippen molar-refractivity contribution in [1.29, 1.82) is 5.26 Å². The Morgan fingerprint density at radius 2 is 2.46 bits per heavy atom. The highest BCUT2D eigenvalue weighted by molar-refractivity contribution is 7.13. The molecule has 0 fully saturated rings. The van der Waals surface area contributed by atoms with Gasteiger partial charge in [0.2, 0.25) is 0 Å². The highest BCUT2D eigenvalue weighted by Gasteiger charge is 2.10. The van der Waals surface area contributed by atoms with Crippen LogP contribution in [0.2, 0.25) is 0 Å². The van der Waals surface area contributed by atoms with Crippen molar-refractivity contribution >= 4 is 11.3 Å². The Morgan fingerprint density at radius 1 is 1.62 bits per heavy atom. The van der Waals surface area contributed by atoms with Crippen molar-refractivity contribution in [3.63, 3.8) is 0 Å². The maximum atomic E-state index is 8.79. The van der Waals surface area contributed by atoms with Crippen LogP contribution in [0.4, 0.5) is 0 Å². The van der Waals surface area contributed by atoms with Crippen molar-refractivity contribution in [3.05, 3.63) is 28.8 Å². The number of hydrogen-bond donors (Lipinski definition) is 1. The lowest BCUT2D eigenvalue weighted by atomic mass is 10.2. The topological polar surface area (TPSA) is 52.5 Å². The number of nitrogens with zero attached hydrogens (tertiary/aromatic N) is 2. The molecule has 0 amide bonds. The van der Waals surface area contributed by atoms with Gasteiger partial charge in [-0.15, -0.1) is 11.3 Å². The number of nitriles is 1. The second kappa shape index (κ2) is 3.04. The molecule has 13 heavy (non-hydrogen) atoms. The Morgan fingerprint density at radius 3 is 3.08 bits per heavy atom. The van der Waals surface area contributed by atoms with E-state index in [1.165, 1.54) is 5.56 Å². The minimum Gasteiger partial charge on any atom is -0.276 e. The Hall–Kier alpha value is -1.60. The molecule has 0 saturated carbocycles. The van der Waals surface area contributed by atoms with E-state index in [2.05, 4.69) is 16.3 Å². The summed E-state index contributed by atoms with van der Waals surface area (Å²) in [6.07, 6.45) is 1.55. The molecular weight excluding hydrogens is 182 g/mol. The quantitative estimate of drug-likeness (QED) is 0.748. The molecule has 0 bridgehead atoms. The van der Waals surface area contributed by atoms with Crippen molar-refractivity contribution in [2.24, 2.45) is 0 Å². The lowest BCUT2D eigenvalue weighted by Crippen LogP contribution is -1.79. The number of aromatic nitrogens is 2. The maximum Gasteiger partial charge on any atom is 0.103 e. The largest absolute Gasteiger partial charge is 0.276 e. The molecule has 2 aromatic heterocycles. The van der Waals surface area contributed by atoms with Crippen LogP contribution in [0.3, 0.4) is 0 Å². The van der Waals surface area contributed by atoms with Gasteiger partial charge in [0.25, 0.3) is 0 Å². The molecule has 1 N–H and O–H groups in total. The number of aryl methyl sites for hydroxylation is 1. The highest BCUT2D eigenvalue weighted by atomic mass is 32.1. The molecule has 0 aliphatic carbocycles. The Balaban J connectivity index is 2.60. The number of hydrogen-bond acceptors (Lipinski definition) is 3. The summed E-state index contributed by atoms with van der Waals surface area (Å²) in [6.45, 7) is 2.02. The van der Waals surface area contributed by atoms with E-state index in [1.807, 2.05) is 18.4 Å². The first-order chi connectivity index (χ1) is 6.33. The molecule has 0 spiro atoms. The molecule has 0 aliphatic rings. The van der Waals surface area contributed by atoms with Crippen LogP contribution in [0.25, 0.3) is 10.6 Å². The van der Waals surface area contributed by atoms with E-state index in [-0.39, 0.29) is 0 Å². The summed E-state index contributed by atoms with van der Waals surface area (Å²) in [5.74, 6) is 0. The lowest BCUT2D eigenvalue weighted by Gasteiger charge is -1.94. The minimum absolute atomic E-state index is 0.602. The third-order valence-electron chi connectivity index (χ3n) is 1.85. The Bertz CT molecular complexity index is 461. The summed E-state index contributed by atoms with van der Waals surface area (Å²) >= 11 is 1.61. The molecule has 0 saturated heterocycles. The molecule has 0 unspecified atom stereocenters. The molecule has 0 aliphatic heterocycles. The van der Waals surface area contributed by atoms with Gasteiger partial charge in [0.05, 0.1) is 22.3 Å². The fraction of sp³-hybridized carbons (Fsp3) is 0.111. The van der Waals surface area contributed by atoms with Crippen LogP contribution in [-0.2, 0) is 0 Å². The van der Waals surface area contributed by atoms with Gasteiger partial charge in [-0.25, -0.2) is 0 Å². The monoisotopic (exact) mass is 189 g/mol. The first kappa shape index (κ1) is 8.02. The lowest BCUT2D eigenvalue weighted by molar-refractivity contribution is 1.10. The molecule has 3 nitrogen and oxygen atoms in total. The molecule has 2 heterocycles. The highest BCUT2D eigenvalue weighted by Crippen LogP contribution is 2.29. The zero-order chi connectivity index (χ0) is 9.26. The zero-order valence-electron chi connectivity index (χ0n) is 7.03. The second-order valence-corrected chi connectivity index (χ2v) is 3.62. The van der Waals surface area contributed by atoms with Crippen LogP contribution in [0.15, 0.2) is 17.6 Å². The summed E-state index contributed by atoms with van der Waals surface area (Å²) < 4.78 is 0. The predicted molar refractivity (Wildman–Crippen MR) is 51.4 cm³/mol. The SMILES string of the molecule is Cc1ccsc1-c1[nH]ncc1C#N. The third-order valence-corrected chi connectivity index (χ3v) is 2.88. The fourth-order valence-electron chi connectivity index (χ4n) is 1.17. The van der Waals surface area contributed by atoms with Crippen molar-refractivity contribution in [2.45, 2.75) is 6.92 Å². The molecule has 2 rings (SSSR count). The average molecular weight is 189 g/mol. The van der Waals surface area contributed by atoms with Crippen LogP contribution in [0.1, 0.15) is 11.1 Å². The average Bonchev–Trinajstić information content (AvgIpc) is 2.71. The van der Waals surface area contributed by atoms with Gasteiger partial charge in [0.15, 0.2) is 0 Å². The minimum atomic E-state index is 0.602. The van der Waals surface area contributed by atoms with Crippen molar-refractivity contribution in [3.8, 4) is 16.6 Å².